The van der Waals surface area contributed by atoms with Crippen LogP contribution in [0.5, 0.6) is 5.75 Å². The van der Waals surface area contributed by atoms with Crippen LogP contribution in [0.25, 0.3) is 0 Å². The smallest absolute Gasteiger partial charge is 0.305 e. The summed E-state index contributed by atoms with van der Waals surface area (Å²) in [6, 6.07) is 4.97. The van der Waals surface area contributed by atoms with Gasteiger partial charge < -0.3 is 14.7 Å². The van der Waals surface area contributed by atoms with Gasteiger partial charge in [0.25, 0.3) is 0 Å². The predicted octanol–water partition coefficient (Wildman–Crippen LogP) is 2.57. The SMILES string of the molecule is COc1ccc(Cl)cc1N(CCC(=O)O)C(=O)C1CC1. The molecule has 0 spiro atoms. The van der Waals surface area contributed by atoms with Crippen LogP contribution in [0.3, 0.4) is 0 Å². The Kier molecular flexibility index (Phi) is 4.49. The van der Waals surface area contributed by atoms with Crippen LogP contribution in [0.4, 0.5) is 5.69 Å². The first-order valence-corrected chi connectivity index (χ1v) is 6.77. The fraction of sp³-hybridized carbons (Fsp3) is 0.429. The summed E-state index contributed by atoms with van der Waals surface area (Å²) in [4.78, 5) is 24.6. The largest absolute Gasteiger partial charge is 0.495 e. The fourth-order valence-electron chi connectivity index (χ4n) is 1.98. The number of methoxy groups -OCH3 is 1. The lowest BCUT2D eigenvalue weighted by Crippen LogP contribution is -2.34. The van der Waals surface area contributed by atoms with Gasteiger partial charge in [0.15, 0.2) is 0 Å². The summed E-state index contributed by atoms with van der Waals surface area (Å²) in [5, 5.41) is 9.31. The van der Waals surface area contributed by atoms with Crippen LogP contribution in [-0.4, -0.2) is 30.6 Å². The molecule has 1 saturated carbocycles. The van der Waals surface area contributed by atoms with Crippen LogP contribution in [-0.2, 0) is 9.59 Å². The van der Waals surface area contributed by atoms with Crippen molar-refractivity contribution in [1.82, 2.24) is 0 Å². The number of aliphatic carboxylic acids is 1. The van der Waals surface area contributed by atoms with Crippen molar-refractivity contribution in [2.45, 2.75) is 19.3 Å². The summed E-state index contributed by atoms with van der Waals surface area (Å²) >= 11 is 5.97. The lowest BCUT2D eigenvalue weighted by atomic mass is 10.2. The van der Waals surface area contributed by atoms with E-state index in [1.54, 1.807) is 18.2 Å². The van der Waals surface area contributed by atoms with E-state index in [1.807, 2.05) is 0 Å². The number of halogens is 1. The van der Waals surface area contributed by atoms with Gasteiger partial charge in [0.1, 0.15) is 5.75 Å². The number of carboxylic acids is 1. The van der Waals surface area contributed by atoms with E-state index in [9.17, 15) is 9.59 Å². The molecule has 0 unspecified atom stereocenters. The third-order valence-electron chi connectivity index (χ3n) is 3.17. The molecule has 1 amide bonds. The highest BCUT2D eigenvalue weighted by Gasteiger charge is 2.35. The van der Waals surface area contributed by atoms with Crippen LogP contribution in [0.2, 0.25) is 5.02 Å². The van der Waals surface area contributed by atoms with Crippen LogP contribution in [0.1, 0.15) is 19.3 Å². The number of carbonyl (C=O) groups is 2. The molecule has 0 saturated heterocycles. The standard InChI is InChI=1S/C14H16ClNO4/c1-20-12-5-4-10(15)8-11(12)16(7-6-13(17)18)14(19)9-2-3-9/h4-5,8-9H,2-3,6-7H2,1H3,(H,17,18). The fourth-order valence-corrected chi connectivity index (χ4v) is 2.15. The zero-order chi connectivity index (χ0) is 14.7. The number of carboxylic acid groups (broad SMARTS) is 1. The quantitative estimate of drug-likeness (QED) is 0.876. The molecular weight excluding hydrogens is 282 g/mol. The highest BCUT2D eigenvalue weighted by Crippen LogP contribution is 2.37. The minimum Gasteiger partial charge on any atom is -0.495 e. The van der Waals surface area contributed by atoms with Gasteiger partial charge in [-0.25, -0.2) is 0 Å². The molecule has 5 nitrogen and oxygen atoms in total. The number of nitrogens with zero attached hydrogens (tertiary/aromatic N) is 1. The number of amides is 1. The third-order valence-corrected chi connectivity index (χ3v) is 3.41. The normalized spacial score (nSPS) is 13.9. The van der Waals surface area contributed by atoms with E-state index in [0.29, 0.717) is 16.5 Å². The maximum Gasteiger partial charge on any atom is 0.305 e. The van der Waals surface area contributed by atoms with E-state index in [0.717, 1.165) is 12.8 Å². The number of hydrogen-bond acceptors (Lipinski definition) is 3. The average Bonchev–Trinajstić information content (AvgIpc) is 3.23. The summed E-state index contributed by atoms with van der Waals surface area (Å²) in [6.07, 6.45) is 1.59. The monoisotopic (exact) mass is 297 g/mol. The van der Waals surface area contributed by atoms with E-state index in [-0.39, 0.29) is 24.8 Å². The Bertz CT molecular complexity index is 528. The number of carbonyl (C=O) groups excluding carboxylic acids is 1. The number of rotatable bonds is 6. The van der Waals surface area contributed by atoms with Gasteiger partial charge in [-0.3, -0.25) is 9.59 Å². The second-order valence-electron chi connectivity index (χ2n) is 4.72. The lowest BCUT2D eigenvalue weighted by Gasteiger charge is -2.24. The van der Waals surface area contributed by atoms with Crippen molar-refractivity contribution in [3.63, 3.8) is 0 Å². The van der Waals surface area contributed by atoms with Crippen molar-refractivity contribution in [2.75, 3.05) is 18.6 Å². The Morgan fingerprint density at radius 2 is 2.15 bits per heavy atom. The van der Waals surface area contributed by atoms with E-state index in [2.05, 4.69) is 0 Å². The lowest BCUT2D eigenvalue weighted by molar-refractivity contribution is -0.136. The summed E-state index contributed by atoms with van der Waals surface area (Å²) in [7, 11) is 1.50. The van der Waals surface area contributed by atoms with Gasteiger partial charge in [-0.15, -0.1) is 0 Å². The molecule has 1 N–H and O–H groups in total. The van der Waals surface area contributed by atoms with Crippen LogP contribution in [0.15, 0.2) is 18.2 Å². The van der Waals surface area contributed by atoms with Crippen molar-refractivity contribution in [1.29, 1.82) is 0 Å². The number of anilines is 1. The summed E-state index contributed by atoms with van der Waals surface area (Å²) in [5.74, 6) is -0.507. The highest BCUT2D eigenvalue weighted by atomic mass is 35.5. The molecule has 1 aromatic carbocycles. The summed E-state index contributed by atoms with van der Waals surface area (Å²) in [6.45, 7) is 0.112. The second kappa shape index (κ2) is 6.13. The molecule has 0 aliphatic heterocycles. The van der Waals surface area contributed by atoms with Gasteiger partial charge in [0.05, 0.1) is 19.2 Å². The van der Waals surface area contributed by atoms with Gasteiger partial charge in [-0.05, 0) is 31.0 Å². The third kappa shape index (κ3) is 3.42. The molecule has 0 atom stereocenters. The highest BCUT2D eigenvalue weighted by molar-refractivity contribution is 6.31. The number of hydrogen-bond donors (Lipinski definition) is 1. The minimum atomic E-state index is -0.945. The maximum atomic E-state index is 12.3. The zero-order valence-electron chi connectivity index (χ0n) is 11.1. The van der Waals surface area contributed by atoms with Crippen molar-refractivity contribution in [3.05, 3.63) is 23.2 Å². The van der Waals surface area contributed by atoms with Gasteiger partial charge >= 0.3 is 5.97 Å². The molecule has 108 valence electrons. The maximum absolute atomic E-state index is 12.3. The van der Waals surface area contributed by atoms with Gasteiger partial charge in [-0.2, -0.15) is 0 Å². The minimum absolute atomic E-state index is 0.00696. The molecule has 1 aromatic rings. The molecule has 20 heavy (non-hydrogen) atoms. The van der Waals surface area contributed by atoms with E-state index in [4.69, 9.17) is 21.4 Å². The Balaban J connectivity index is 2.31. The Hall–Kier alpha value is -1.75. The van der Waals surface area contributed by atoms with Crippen LogP contribution < -0.4 is 9.64 Å². The summed E-state index contributed by atoms with van der Waals surface area (Å²) < 4.78 is 5.24. The molecule has 1 aliphatic carbocycles. The molecule has 2 rings (SSSR count). The van der Waals surface area contributed by atoms with Gasteiger partial charge in [0, 0.05) is 17.5 Å². The van der Waals surface area contributed by atoms with Crippen molar-refractivity contribution >= 4 is 29.2 Å². The molecule has 1 aliphatic rings. The van der Waals surface area contributed by atoms with E-state index >= 15 is 0 Å². The first kappa shape index (κ1) is 14.7. The van der Waals surface area contributed by atoms with Crippen LogP contribution in [0, 0.1) is 5.92 Å². The van der Waals surface area contributed by atoms with Gasteiger partial charge in [0.2, 0.25) is 5.91 Å². The number of ether oxygens (including phenoxy) is 1. The van der Waals surface area contributed by atoms with Gasteiger partial charge in [-0.1, -0.05) is 11.6 Å². The van der Waals surface area contributed by atoms with Crippen molar-refractivity contribution in [2.24, 2.45) is 5.92 Å². The molecule has 0 bridgehead atoms. The predicted molar refractivity (Wildman–Crippen MR) is 75.3 cm³/mol. The first-order valence-electron chi connectivity index (χ1n) is 6.39. The number of benzene rings is 1. The molecule has 1 fully saturated rings. The van der Waals surface area contributed by atoms with Crippen molar-refractivity contribution < 1.29 is 19.4 Å². The molecule has 0 heterocycles. The second-order valence-corrected chi connectivity index (χ2v) is 5.16. The van der Waals surface area contributed by atoms with E-state index in [1.165, 1.54) is 12.0 Å². The van der Waals surface area contributed by atoms with Crippen LogP contribution >= 0.6 is 11.6 Å². The Morgan fingerprint density at radius 3 is 2.70 bits per heavy atom. The first-order chi connectivity index (χ1) is 9.52. The Morgan fingerprint density at radius 1 is 1.45 bits per heavy atom. The summed E-state index contributed by atoms with van der Waals surface area (Å²) in [5.41, 5.74) is 0.526. The van der Waals surface area contributed by atoms with Crippen molar-refractivity contribution in [3.8, 4) is 5.75 Å². The molecule has 0 aromatic heterocycles. The zero-order valence-corrected chi connectivity index (χ0v) is 11.9. The molecular formula is C14H16ClNO4. The topological polar surface area (TPSA) is 66.8 Å². The van der Waals surface area contributed by atoms with E-state index < -0.39 is 5.97 Å². The average molecular weight is 298 g/mol. The Labute approximate surface area is 122 Å². The molecule has 0 radical (unpaired) electrons. The molecule has 6 heteroatoms.